The summed E-state index contributed by atoms with van der Waals surface area (Å²) in [5.41, 5.74) is 2.99. The van der Waals surface area contributed by atoms with Crippen LogP contribution >= 0.6 is 11.8 Å². The number of benzene rings is 2. The Hall–Kier alpha value is -2.27. The number of hydrogen-bond donors (Lipinski definition) is 1. The number of thioether (sulfide) groups is 1. The van der Waals surface area contributed by atoms with E-state index in [1.165, 1.54) is 16.7 Å². The second-order valence-corrected chi connectivity index (χ2v) is 6.42. The molecule has 1 saturated heterocycles. The van der Waals surface area contributed by atoms with Crippen molar-refractivity contribution in [2.24, 2.45) is 0 Å². The maximum absolute atomic E-state index is 12.6. The van der Waals surface area contributed by atoms with E-state index >= 15 is 0 Å². The van der Waals surface area contributed by atoms with Gasteiger partial charge in [-0.2, -0.15) is 0 Å². The van der Waals surface area contributed by atoms with Gasteiger partial charge < -0.3 is 10.0 Å². The van der Waals surface area contributed by atoms with Gasteiger partial charge in [-0.15, -0.1) is 11.8 Å². The molecule has 0 saturated carbocycles. The van der Waals surface area contributed by atoms with E-state index in [1.54, 1.807) is 0 Å². The second kappa shape index (κ2) is 6.87. The van der Waals surface area contributed by atoms with Crippen molar-refractivity contribution >= 4 is 23.6 Å². The standard InChI is InChI=1S/C18H17NO3S/c20-17(19-12-23-11-16(19)18(21)22)10-14-8-4-5-9-15(14)13-6-2-1-3-7-13/h1-9,16H,10-12H2,(H,21,22)/t16-/m1/s1. The van der Waals surface area contributed by atoms with Gasteiger partial charge in [0.05, 0.1) is 12.3 Å². The van der Waals surface area contributed by atoms with Crippen LogP contribution in [0, 0.1) is 0 Å². The molecule has 1 atom stereocenters. The molecule has 1 N–H and O–H groups in total. The number of carbonyl (C=O) groups excluding carboxylic acids is 1. The molecule has 1 aliphatic heterocycles. The molecule has 5 heteroatoms. The summed E-state index contributed by atoms with van der Waals surface area (Å²) in [6.45, 7) is 0. The normalized spacial score (nSPS) is 17.2. The van der Waals surface area contributed by atoms with Crippen LogP contribution in [0.3, 0.4) is 0 Å². The lowest BCUT2D eigenvalue weighted by molar-refractivity contribution is -0.147. The van der Waals surface area contributed by atoms with Gasteiger partial charge in [0, 0.05) is 5.75 Å². The summed E-state index contributed by atoms with van der Waals surface area (Å²) < 4.78 is 0. The lowest BCUT2D eigenvalue weighted by Crippen LogP contribution is -2.42. The molecule has 0 unspecified atom stereocenters. The van der Waals surface area contributed by atoms with Gasteiger partial charge in [-0.1, -0.05) is 54.6 Å². The Balaban J connectivity index is 1.84. The third-order valence-corrected chi connectivity index (χ3v) is 4.94. The molecule has 0 radical (unpaired) electrons. The van der Waals surface area contributed by atoms with Crippen molar-refractivity contribution < 1.29 is 14.7 Å². The highest BCUT2D eigenvalue weighted by molar-refractivity contribution is 7.99. The fourth-order valence-electron chi connectivity index (χ4n) is 2.73. The van der Waals surface area contributed by atoms with E-state index in [0.29, 0.717) is 11.6 Å². The number of aliphatic carboxylic acids is 1. The third kappa shape index (κ3) is 3.40. The van der Waals surface area contributed by atoms with E-state index in [4.69, 9.17) is 0 Å². The van der Waals surface area contributed by atoms with Gasteiger partial charge in [0.15, 0.2) is 0 Å². The molecule has 0 bridgehead atoms. The topological polar surface area (TPSA) is 57.6 Å². The van der Waals surface area contributed by atoms with Crippen molar-refractivity contribution in [2.45, 2.75) is 12.5 Å². The minimum atomic E-state index is -0.931. The van der Waals surface area contributed by atoms with Crippen LogP contribution in [0.5, 0.6) is 0 Å². The van der Waals surface area contributed by atoms with Crippen LogP contribution in [0.2, 0.25) is 0 Å². The quantitative estimate of drug-likeness (QED) is 0.938. The molecule has 1 aliphatic rings. The van der Waals surface area contributed by atoms with Crippen molar-refractivity contribution in [1.82, 2.24) is 4.90 Å². The van der Waals surface area contributed by atoms with Crippen LogP contribution < -0.4 is 0 Å². The molecule has 0 aromatic heterocycles. The van der Waals surface area contributed by atoms with Gasteiger partial charge in [0.1, 0.15) is 6.04 Å². The van der Waals surface area contributed by atoms with Gasteiger partial charge in [-0.3, -0.25) is 4.79 Å². The number of amides is 1. The number of carbonyl (C=O) groups is 2. The Morgan fingerprint density at radius 3 is 2.52 bits per heavy atom. The predicted molar refractivity (Wildman–Crippen MR) is 91.2 cm³/mol. The molecule has 4 nitrogen and oxygen atoms in total. The Bertz CT molecular complexity index is 717. The molecule has 3 rings (SSSR count). The first kappa shape index (κ1) is 15.6. The van der Waals surface area contributed by atoms with E-state index in [0.717, 1.165) is 16.7 Å². The Morgan fingerprint density at radius 2 is 1.78 bits per heavy atom. The summed E-state index contributed by atoms with van der Waals surface area (Å²) in [4.78, 5) is 25.3. The highest BCUT2D eigenvalue weighted by atomic mass is 32.2. The number of carboxylic acid groups (broad SMARTS) is 1. The molecule has 0 spiro atoms. The molecule has 1 fully saturated rings. The third-order valence-electron chi connectivity index (χ3n) is 3.93. The zero-order valence-electron chi connectivity index (χ0n) is 12.5. The van der Waals surface area contributed by atoms with Crippen molar-refractivity contribution in [3.05, 3.63) is 60.2 Å². The predicted octanol–water partition coefficient (Wildman–Crippen LogP) is 2.88. The zero-order valence-corrected chi connectivity index (χ0v) is 13.3. The van der Waals surface area contributed by atoms with E-state index in [2.05, 4.69) is 0 Å². The summed E-state index contributed by atoms with van der Waals surface area (Å²) in [7, 11) is 0. The lowest BCUT2D eigenvalue weighted by Gasteiger charge is -2.21. The summed E-state index contributed by atoms with van der Waals surface area (Å²) in [5.74, 6) is -0.157. The number of hydrogen-bond acceptors (Lipinski definition) is 3. The minimum Gasteiger partial charge on any atom is -0.480 e. The lowest BCUT2D eigenvalue weighted by atomic mass is 9.97. The summed E-state index contributed by atoms with van der Waals surface area (Å²) in [6, 6.07) is 17.0. The second-order valence-electron chi connectivity index (χ2n) is 5.42. The van der Waals surface area contributed by atoms with Crippen LogP contribution in [0.15, 0.2) is 54.6 Å². The molecule has 1 amide bonds. The average Bonchev–Trinajstić information content (AvgIpc) is 3.06. The molecule has 118 valence electrons. The van der Waals surface area contributed by atoms with Gasteiger partial charge >= 0.3 is 5.97 Å². The fraction of sp³-hybridized carbons (Fsp3) is 0.222. The smallest absolute Gasteiger partial charge is 0.327 e. The molecular formula is C18H17NO3S. The first-order chi connectivity index (χ1) is 11.2. The summed E-state index contributed by atoms with van der Waals surface area (Å²) in [6.07, 6.45) is 0.218. The Labute approximate surface area is 139 Å². The van der Waals surface area contributed by atoms with Gasteiger partial charge in [-0.25, -0.2) is 4.79 Å². The number of nitrogens with zero attached hydrogens (tertiary/aromatic N) is 1. The van der Waals surface area contributed by atoms with E-state index in [1.807, 2.05) is 54.6 Å². The van der Waals surface area contributed by atoms with Crippen molar-refractivity contribution in [3.63, 3.8) is 0 Å². The highest BCUT2D eigenvalue weighted by Gasteiger charge is 2.34. The first-order valence-electron chi connectivity index (χ1n) is 7.40. The van der Waals surface area contributed by atoms with E-state index < -0.39 is 12.0 Å². The highest BCUT2D eigenvalue weighted by Crippen LogP contribution is 2.26. The molecule has 2 aromatic carbocycles. The largest absolute Gasteiger partial charge is 0.480 e. The van der Waals surface area contributed by atoms with E-state index in [-0.39, 0.29) is 12.3 Å². The number of carboxylic acids is 1. The SMILES string of the molecule is O=C(O)[C@H]1CSCN1C(=O)Cc1ccccc1-c1ccccc1. The van der Waals surface area contributed by atoms with Crippen molar-refractivity contribution in [1.29, 1.82) is 0 Å². The molecule has 1 heterocycles. The van der Waals surface area contributed by atoms with Crippen LogP contribution in [0.4, 0.5) is 0 Å². The fourth-order valence-corrected chi connectivity index (χ4v) is 3.90. The average molecular weight is 327 g/mol. The minimum absolute atomic E-state index is 0.134. The molecule has 2 aromatic rings. The van der Waals surface area contributed by atoms with Crippen LogP contribution in [0.1, 0.15) is 5.56 Å². The van der Waals surface area contributed by atoms with Gasteiger partial charge in [-0.05, 0) is 16.7 Å². The summed E-state index contributed by atoms with van der Waals surface area (Å²) >= 11 is 1.48. The molecular weight excluding hydrogens is 310 g/mol. The maximum atomic E-state index is 12.6. The van der Waals surface area contributed by atoms with Crippen LogP contribution in [-0.2, 0) is 16.0 Å². The van der Waals surface area contributed by atoms with Crippen LogP contribution in [0.25, 0.3) is 11.1 Å². The Kier molecular flexibility index (Phi) is 4.67. The Morgan fingerprint density at radius 1 is 1.09 bits per heavy atom. The maximum Gasteiger partial charge on any atom is 0.327 e. The van der Waals surface area contributed by atoms with E-state index in [9.17, 15) is 14.7 Å². The van der Waals surface area contributed by atoms with Gasteiger partial charge in [0.2, 0.25) is 5.91 Å². The first-order valence-corrected chi connectivity index (χ1v) is 8.55. The summed E-state index contributed by atoms with van der Waals surface area (Å²) in [5, 5.41) is 9.22. The van der Waals surface area contributed by atoms with Crippen molar-refractivity contribution in [3.8, 4) is 11.1 Å². The van der Waals surface area contributed by atoms with Gasteiger partial charge in [0.25, 0.3) is 0 Å². The van der Waals surface area contributed by atoms with Crippen LogP contribution in [-0.4, -0.2) is 39.6 Å². The monoisotopic (exact) mass is 327 g/mol. The van der Waals surface area contributed by atoms with Crippen molar-refractivity contribution in [2.75, 3.05) is 11.6 Å². The molecule has 0 aliphatic carbocycles. The molecule has 23 heavy (non-hydrogen) atoms. The number of rotatable bonds is 4. The zero-order chi connectivity index (χ0) is 16.2.